The summed E-state index contributed by atoms with van der Waals surface area (Å²) < 4.78 is 27.1. The number of nitrogens with one attached hydrogen (secondary N) is 1. The van der Waals surface area contributed by atoms with E-state index >= 15 is 0 Å². The van der Waals surface area contributed by atoms with Crippen LogP contribution in [0.5, 0.6) is 0 Å². The molecule has 0 saturated heterocycles. The monoisotopic (exact) mass is 367 g/mol. The van der Waals surface area contributed by atoms with Crippen molar-refractivity contribution in [3.8, 4) is 0 Å². The molecule has 0 aliphatic carbocycles. The maximum absolute atomic E-state index is 12.0. The first-order valence-corrected chi connectivity index (χ1v) is 8.05. The molecule has 2 rings (SSSR count). The van der Waals surface area contributed by atoms with Crippen molar-refractivity contribution in [1.29, 1.82) is 0 Å². The van der Waals surface area contributed by atoms with E-state index in [-0.39, 0.29) is 4.21 Å². The molecule has 0 unspecified atom stereocenters. The van der Waals surface area contributed by atoms with E-state index in [1.807, 2.05) is 0 Å². The summed E-state index contributed by atoms with van der Waals surface area (Å²) in [5, 5.41) is 0.357. The summed E-state index contributed by atoms with van der Waals surface area (Å²) in [5.41, 5.74) is 5.75. The van der Waals surface area contributed by atoms with Gasteiger partial charge in [-0.1, -0.05) is 11.6 Å². The van der Waals surface area contributed by atoms with Crippen molar-refractivity contribution < 1.29 is 8.42 Å². The van der Waals surface area contributed by atoms with E-state index < -0.39 is 10.0 Å². The molecule has 18 heavy (non-hydrogen) atoms. The minimum Gasteiger partial charge on any atom is -0.384 e. The number of aromatic nitrogens is 1. The molecule has 0 aliphatic rings. The summed E-state index contributed by atoms with van der Waals surface area (Å²) in [6.07, 6.45) is 1.34. The SMILES string of the molecule is Nc1ccc(NS(=O)(=O)c2cc(Cl)c(Br)s2)cn1. The lowest BCUT2D eigenvalue weighted by atomic mass is 10.4. The summed E-state index contributed by atoms with van der Waals surface area (Å²) >= 11 is 10.0. The zero-order valence-corrected chi connectivity index (χ0v) is 12.7. The number of nitrogens with two attached hydrogens (primary N) is 1. The van der Waals surface area contributed by atoms with Crippen LogP contribution in [0.3, 0.4) is 0 Å². The fourth-order valence-electron chi connectivity index (χ4n) is 1.13. The van der Waals surface area contributed by atoms with E-state index in [0.29, 0.717) is 20.3 Å². The molecule has 3 N–H and O–H groups in total. The number of nitrogens with zero attached hydrogens (tertiary/aromatic N) is 1. The molecule has 0 fully saturated rings. The van der Waals surface area contributed by atoms with Gasteiger partial charge in [0.2, 0.25) is 0 Å². The summed E-state index contributed by atoms with van der Waals surface area (Å²) in [6, 6.07) is 4.42. The first kappa shape index (κ1) is 13.6. The van der Waals surface area contributed by atoms with Crippen LogP contribution in [0.15, 0.2) is 32.4 Å². The Kier molecular flexibility index (Phi) is 3.81. The van der Waals surface area contributed by atoms with Crippen LogP contribution in [0.4, 0.5) is 11.5 Å². The van der Waals surface area contributed by atoms with Crippen molar-refractivity contribution in [2.24, 2.45) is 0 Å². The van der Waals surface area contributed by atoms with Crippen molar-refractivity contribution in [2.45, 2.75) is 4.21 Å². The second-order valence-corrected chi connectivity index (χ2v) is 7.95. The molecule has 0 aliphatic heterocycles. The van der Waals surface area contributed by atoms with Gasteiger partial charge in [-0.2, -0.15) is 0 Å². The molecule has 0 spiro atoms. The number of sulfonamides is 1. The Balaban J connectivity index is 2.29. The van der Waals surface area contributed by atoms with Crippen LogP contribution in [0, 0.1) is 0 Å². The Hall–Kier alpha value is -0.830. The van der Waals surface area contributed by atoms with Gasteiger partial charge in [0.05, 0.1) is 20.7 Å². The van der Waals surface area contributed by atoms with Crippen LogP contribution in [0.1, 0.15) is 0 Å². The topological polar surface area (TPSA) is 85.1 Å². The first-order valence-electron chi connectivity index (χ1n) is 4.57. The Bertz CT molecular complexity index is 650. The molecule has 0 aromatic carbocycles. The van der Waals surface area contributed by atoms with Gasteiger partial charge < -0.3 is 5.73 Å². The molecular weight excluding hydrogens is 362 g/mol. The van der Waals surface area contributed by atoms with Crippen LogP contribution in [-0.2, 0) is 10.0 Å². The Morgan fingerprint density at radius 1 is 1.44 bits per heavy atom. The highest BCUT2D eigenvalue weighted by Gasteiger charge is 2.19. The highest BCUT2D eigenvalue weighted by atomic mass is 79.9. The Morgan fingerprint density at radius 2 is 2.17 bits per heavy atom. The van der Waals surface area contributed by atoms with Crippen LogP contribution in [0.25, 0.3) is 0 Å². The standard InChI is InChI=1S/C9H7BrClN3O2S2/c10-9-6(11)3-8(17-9)18(15,16)14-5-1-2-7(12)13-4-5/h1-4,14H,(H2,12,13). The second-order valence-electron chi connectivity index (χ2n) is 3.26. The Morgan fingerprint density at radius 3 is 2.67 bits per heavy atom. The molecule has 9 heteroatoms. The van der Waals surface area contributed by atoms with E-state index in [1.165, 1.54) is 24.4 Å². The number of hydrogen-bond acceptors (Lipinski definition) is 5. The molecule has 0 radical (unpaired) electrons. The van der Waals surface area contributed by atoms with Crippen molar-refractivity contribution >= 4 is 60.4 Å². The van der Waals surface area contributed by atoms with Gasteiger partial charge in [-0.3, -0.25) is 4.72 Å². The normalized spacial score (nSPS) is 11.4. The summed E-state index contributed by atoms with van der Waals surface area (Å²) in [7, 11) is -3.65. The lowest BCUT2D eigenvalue weighted by molar-refractivity contribution is 0.603. The van der Waals surface area contributed by atoms with Crippen molar-refractivity contribution in [3.05, 3.63) is 33.2 Å². The number of rotatable bonds is 3. The lowest BCUT2D eigenvalue weighted by Crippen LogP contribution is -2.11. The van der Waals surface area contributed by atoms with Gasteiger partial charge in [-0.25, -0.2) is 13.4 Å². The molecule has 0 bridgehead atoms. The van der Waals surface area contributed by atoms with Crippen LogP contribution < -0.4 is 10.5 Å². The number of anilines is 2. The average molecular weight is 369 g/mol. The van der Waals surface area contributed by atoms with Crippen LogP contribution >= 0.6 is 38.9 Å². The van der Waals surface area contributed by atoms with Gasteiger partial charge in [-0.15, -0.1) is 11.3 Å². The number of hydrogen-bond donors (Lipinski definition) is 2. The van der Waals surface area contributed by atoms with Crippen LogP contribution in [0.2, 0.25) is 5.02 Å². The maximum Gasteiger partial charge on any atom is 0.271 e. The van der Waals surface area contributed by atoms with Crippen molar-refractivity contribution in [1.82, 2.24) is 4.98 Å². The van der Waals surface area contributed by atoms with Crippen molar-refractivity contribution in [2.75, 3.05) is 10.5 Å². The van der Waals surface area contributed by atoms with Gasteiger partial charge >= 0.3 is 0 Å². The smallest absolute Gasteiger partial charge is 0.271 e. The number of thiophene rings is 1. The molecule has 0 amide bonds. The minimum absolute atomic E-state index is 0.121. The van der Waals surface area contributed by atoms with E-state index in [1.54, 1.807) is 0 Å². The third kappa shape index (κ3) is 2.94. The second kappa shape index (κ2) is 5.04. The molecule has 96 valence electrons. The zero-order valence-electron chi connectivity index (χ0n) is 8.72. The van der Waals surface area contributed by atoms with E-state index in [9.17, 15) is 8.42 Å². The highest BCUT2D eigenvalue weighted by molar-refractivity contribution is 9.11. The fraction of sp³-hybridized carbons (Fsp3) is 0. The van der Waals surface area contributed by atoms with Gasteiger partial charge in [0.1, 0.15) is 10.0 Å². The number of pyridine rings is 1. The van der Waals surface area contributed by atoms with Crippen molar-refractivity contribution in [3.63, 3.8) is 0 Å². The molecule has 0 atom stereocenters. The predicted octanol–water partition coefficient (Wildman–Crippen LogP) is 2.94. The number of halogens is 2. The summed E-state index contributed by atoms with van der Waals surface area (Å²) in [6.45, 7) is 0. The first-order chi connectivity index (χ1) is 8.38. The zero-order chi connectivity index (χ0) is 13.3. The third-order valence-electron chi connectivity index (χ3n) is 1.93. The van der Waals surface area contributed by atoms with Gasteiger partial charge in [0.15, 0.2) is 0 Å². The average Bonchev–Trinajstić information content (AvgIpc) is 2.63. The van der Waals surface area contributed by atoms with E-state index in [2.05, 4.69) is 25.6 Å². The highest BCUT2D eigenvalue weighted by Crippen LogP contribution is 2.35. The van der Waals surface area contributed by atoms with Gasteiger partial charge in [-0.05, 0) is 34.1 Å². The quantitative estimate of drug-likeness (QED) is 0.872. The molecule has 5 nitrogen and oxygen atoms in total. The van der Waals surface area contributed by atoms with Gasteiger partial charge in [0.25, 0.3) is 10.0 Å². The Labute approximate surface area is 121 Å². The largest absolute Gasteiger partial charge is 0.384 e. The summed E-state index contributed by atoms with van der Waals surface area (Å²) in [4.78, 5) is 3.80. The predicted molar refractivity (Wildman–Crippen MR) is 76.5 cm³/mol. The fourth-order valence-corrected chi connectivity index (χ4v) is 4.57. The number of nitrogen functional groups attached to an aromatic ring is 1. The minimum atomic E-state index is -3.65. The van der Waals surface area contributed by atoms with Crippen LogP contribution in [-0.4, -0.2) is 13.4 Å². The molecule has 0 saturated carbocycles. The molecular formula is C9H7BrClN3O2S2. The lowest BCUT2D eigenvalue weighted by Gasteiger charge is -2.05. The van der Waals surface area contributed by atoms with E-state index in [0.717, 1.165) is 11.3 Å². The molecule has 2 aromatic heterocycles. The van der Waals surface area contributed by atoms with E-state index in [4.69, 9.17) is 17.3 Å². The summed E-state index contributed by atoms with van der Waals surface area (Å²) in [5.74, 6) is 0.319. The molecule has 2 aromatic rings. The third-order valence-corrected chi connectivity index (χ3v) is 6.26. The van der Waals surface area contributed by atoms with Gasteiger partial charge in [0, 0.05) is 0 Å². The maximum atomic E-state index is 12.0. The molecule has 2 heterocycles.